The Bertz CT molecular complexity index is 578. The van der Waals surface area contributed by atoms with E-state index in [2.05, 4.69) is 5.32 Å². The number of carboxylic acids is 1. The summed E-state index contributed by atoms with van der Waals surface area (Å²) in [5.41, 5.74) is 6.14. The zero-order valence-corrected chi connectivity index (χ0v) is 10.7. The van der Waals surface area contributed by atoms with E-state index in [1.54, 1.807) is 36.4 Å². The van der Waals surface area contributed by atoms with Crippen molar-refractivity contribution in [2.24, 2.45) is 5.73 Å². The molecule has 1 heterocycles. The molecule has 0 saturated carbocycles. The fourth-order valence-corrected chi connectivity index (χ4v) is 2.37. The number of amides is 1. The minimum absolute atomic E-state index is 0.383. The van der Waals surface area contributed by atoms with Crippen LogP contribution in [0.15, 0.2) is 41.8 Å². The maximum Gasteiger partial charge on any atom is 0.331 e. The van der Waals surface area contributed by atoms with Gasteiger partial charge in [-0.2, -0.15) is 0 Å². The number of thiophene rings is 1. The monoisotopic (exact) mass is 276 g/mol. The van der Waals surface area contributed by atoms with Gasteiger partial charge in [0.05, 0.1) is 0 Å². The van der Waals surface area contributed by atoms with Crippen LogP contribution in [0.3, 0.4) is 0 Å². The van der Waals surface area contributed by atoms with E-state index in [1.807, 2.05) is 5.38 Å². The lowest BCUT2D eigenvalue weighted by molar-refractivity contribution is -0.138. The Labute approximate surface area is 113 Å². The third-order valence-corrected chi connectivity index (χ3v) is 3.49. The summed E-state index contributed by atoms with van der Waals surface area (Å²) in [7, 11) is 0. The molecule has 0 aliphatic rings. The minimum atomic E-state index is -0.957. The summed E-state index contributed by atoms with van der Waals surface area (Å²) in [4.78, 5) is 22.9. The molecule has 0 bridgehead atoms. The number of primary amides is 1. The first-order valence-electron chi connectivity index (χ1n) is 5.50. The molecule has 0 fully saturated rings. The van der Waals surface area contributed by atoms with Crippen LogP contribution in [0, 0.1) is 0 Å². The third kappa shape index (κ3) is 3.11. The summed E-state index contributed by atoms with van der Waals surface area (Å²) >= 11 is 1.37. The Hall–Kier alpha value is -2.34. The number of benzene rings is 1. The van der Waals surface area contributed by atoms with Crippen molar-refractivity contribution in [3.8, 4) is 0 Å². The fourth-order valence-electron chi connectivity index (χ4n) is 1.61. The largest absolute Gasteiger partial charge is 0.479 e. The van der Waals surface area contributed by atoms with Gasteiger partial charge in [0, 0.05) is 16.1 Å². The standard InChI is InChI=1S/C13H12N2O3S/c14-12(16)8-3-5-9(6-4-8)15-11(13(17)18)10-2-1-7-19-10/h1-7,11,15H,(H2,14,16)(H,17,18). The number of aliphatic carboxylic acids is 1. The minimum Gasteiger partial charge on any atom is -0.479 e. The highest BCUT2D eigenvalue weighted by molar-refractivity contribution is 7.10. The van der Waals surface area contributed by atoms with Crippen molar-refractivity contribution in [3.63, 3.8) is 0 Å². The van der Waals surface area contributed by atoms with E-state index < -0.39 is 17.9 Å². The van der Waals surface area contributed by atoms with Crippen molar-refractivity contribution in [2.75, 3.05) is 5.32 Å². The average Bonchev–Trinajstić information content (AvgIpc) is 2.89. The quantitative estimate of drug-likeness (QED) is 0.779. The topological polar surface area (TPSA) is 92.4 Å². The maximum atomic E-state index is 11.2. The average molecular weight is 276 g/mol. The first kappa shape index (κ1) is 13.1. The molecule has 2 aromatic rings. The number of hydrogen-bond acceptors (Lipinski definition) is 4. The highest BCUT2D eigenvalue weighted by Gasteiger charge is 2.20. The van der Waals surface area contributed by atoms with Crippen LogP contribution < -0.4 is 11.1 Å². The first-order valence-corrected chi connectivity index (χ1v) is 6.38. The molecule has 0 aliphatic carbocycles. The van der Waals surface area contributed by atoms with Gasteiger partial charge >= 0.3 is 5.97 Å². The molecule has 1 amide bonds. The van der Waals surface area contributed by atoms with Crippen LogP contribution in [0.1, 0.15) is 21.3 Å². The predicted molar refractivity (Wildman–Crippen MR) is 73.3 cm³/mol. The predicted octanol–water partition coefficient (Wildman–Crippen LogP) is 2.08. The van der Waals surface area contributed by atoms with E-state index in [-0.39, 0.29) is 0 Å². The summed E-state index contributed by atoms with van der Waals surface area (Å²) in [6, 6.07) is 9.12. The zero-order valence-electron chi connectivity index (χ0n) is 9.87. The summed E-state index contributed by atoms with van der Waals surface area (Å²) in [5.74, 6) is -1.47. The van der Waals surface area contributed by atoms with Gasteiger partial charge in [0.15, 0.2) is 6.04 Å². The fraction of sp³-hybridized carbons (Fsp3) is 0.0769. The molecular weight excluding hydrogens is 264 g/mol. The second-order valence-electron chi connectivity index (χ2n) is 3.87. The van der Waals surface area contributed by atoms with Crippen molar-refractivity contribution in [1.82, 2.24) is 0 Å². The van der Waals surface area contributed by atoms with Crippen molar-refractivity contribution in [2.45, 2.75) is 6.04 Å². The SMILES string of the molecule is NC(=O)c1ccc(NC(C(=O)O)c2cccs2)cc1. The highest BCUT2D eigenvalue weighted by atomic mass is 32.1. The molecule has 1 unspecified atom stereocenters. The van der Waals surface area contributed by atoms with Gasteiger partial charge < -0.3 is 16.2 Å². The number of carboxylic acid groups (broad SMARTS) is 1. The number of carbonyl (C=O) groups is 2. The summed E-state index contributed by atoms with van der Waals surface area (Å²) < 4.78 is 0. The van der Waals surface area contributed by atoms with Crippen molar-refractivity contribution in [3.05, 3.63) is 52.2 Å². The molecule has 0 spiro atoms. The Balaban J connectivity index is 2.18. The Morgan fingerprint density at radius 1 is 1.21 bits per heavy atom. The first-order chi connectivity index (χ1) is 9.08. The third-order valence-electron chi connectivity index (χ3n) is 2.56. The van der Waals surface area contributed by atoms with Crippen LogP contribution in [0.5, 0.6) is 0 Å². The number of carbonyl (C=O) groups excluding carboxylic acids is 1. The van der Waals surface area contributed by atoms with Gasteiger partial charge in [-0.1, -0.05) is 6.07 Å². The van der Waals surface area contributed by atoms with E-state index in [0.717, 1.165) is 0 Å². The summed E-state index contributed by atoms with van der Waals surface area (Å²) in [6.45, 7) is 0. The van der Waals surface area contributed by atoms with Crippen molar-refractivity contribution >= 4 is 28.9 Å². The van der Waals surface area contributed by atoms with Crippen LogP contribution in [0.2, 0.25) is 0 Å². The number of hydrogen-bond donors (Lipinski definition) is 3. The van der Waals surface area contributed by atoms with Gasteiger partial charge in [-0.05, 0) is 35.7 Å². The van der Waals surface area contributed by atoms with Gasteiger partial charge in [-0.25, -0.2) is 4.79 Å². The van der Waals surface area contributed by atoms with E-state index >= 15 is 0 Å². The zero-order chi connectivity index (χ0) is 13.8. The lowest BCUT2D eigenvalue weighted by atomic mass is 10.1. The molecule has 0 saturated heterocycles. The normalized spacial score (nSPS) is 11.8. The second-order valence-corrected chi connectivity index (χ2v) is 4.85. The molecule has 1 aromatic carbocycles. The van der Waals surface area contributed by atoms with Crippen LogP contribution >= 0.6 is 11.3 Å². The molecule has 98 valence electrons. The van der Waals surface area contributed by atoms with Gasteiger partial charge in [0.1, 0.15) is 0 Å². The number of nitrogens with two attached hydrogens (primary N) is 1. The molecule has 5 nitrogen and oxygen atoms in total. The lowest BCUT2D eigenvalue weighted by Gasteiger charge is -2.14. The maximum absolute atomic E-state index is 11.2. The van der Waals surface area contributed by atoms with Crippen molar-refractivity contribution in [1.29, 1.82) is 0 Å². The number of rotatable bonds is 5. The van der Waals surface area contributed by atoms with E-state index in [1.165, 1.54) is 11.3 Å². The molecule has 1 aromatic heterocycles. The van der Waals surface area contributed by atoms with Crippen molar-refractivity contribution < 1.29 is 14.7 Å². The number of nitrogens with one attached hydrogen (secondary N) is 1. The Morgan fingerprint density at radius 3 is 2.37 bits per heavy atom. The molecular formula is C13H12N2O3S. The summed E-state index contributed by atoms with van der Waals surface area (Å²) in [6.07, 6.45) is 0. The van der Waals surface area contributed by atoms with E-state index in [4.69, 9.17) is 5.73 Å². The van der Waals surface area contributed by atoms with Gasteiger partial charge in [0.25, 0.3) is 0 Å². The van der Waals surface area contributed by atoms with Crippen LogP contribution in [0.4, 0.5) is 5.69 Å². The number of anilines is 1. The Kier molecular flexibility index (Phi) is 3.82. The molecule has 2 rings (SSSR count). The highest BCUT2D eigenvalue weighted by Crippen LogP contribution is 2.24. The molecule has 19 heavy (non-hydrogen) atoms. The van der Waals surface area contributed by atoms with Crippen LogP contribution in [0.25, 0.3) is 0 Å². The molecule has 0 aliphatic heterocycles. The lowest BCUT2D eigenvalue weighted by Crippen LogP contribution is -2.19. The Morgan fingerprint density at radius 2 is 1.89 bits per heavy atom. The van der Waals surface area contributed by atoms with Crippen LogP contribution in [-0.2, 0) is 4.79 Å². The van der Waals surface area contributed by atoms with Gasteiger partial charge in [-0.3, -0.25) is 4.79 Å². The second kappa shape index (κ2) is 5.53. The molecule has 4 N–H and O–H groups in total. The molecule has 1 atom stereocenters. The van der Waals surface area contributed by atoms with E-state index in [0.29, 0.717) is 16.1 Å². The van der Waals surface area contributed by atoms with Crippen LogP contribution in [-0.4, -0.2) is 17.0 Å². The molecule has 6 heteroatoms. The molecule has 0 radical (unpaired) electrons. The van der Waals surface area contributed by atoms with Gasteiger partial charge in [0.2, 0.25) is 5.91 Å². The van der Waals surface area contributed by atoms with Gasteiger partial charge in [-0.15, -0.1) is 11.3 Å². The summed E-state index contributed by atoms with van der Waals surface area (Å²) in [5, 5.41) is 13.9. The smallest absolute Gasteiger partial charge is 0.331 e. The van der Waals surface area contributed by atoms with E-state index in [9.17, 15) is 14.7 Å².